The third-order valence-electron chi connectivity index (χ3n) is 1.45. The molecule has 86 valence electrons. The second kappa shape index (κ2) is 4.16. The molecule has 5 heteroatoms. The van der Waals surface area contributed by atoms with Crippen LogP contribution in [0.4, 0.5) is 0 Å². The molecule has 0 radical (unpaired) electrons. The van der Waals surface area contributed by atoms with Gasteiger partial charge in [0.05, 0.1) is 17.9 Å². The maximum absolute atomic E-state index is 11.6. The zero-order valence-electron chi connectivity index (χ0n) is 9.59. The van der Waals surface area contributed by atoms with Gasteiger partial charge in [0, 0.05) is 0 Å². The molecule has 0 aromatic carbocycles. The molecular weight excluding hydrogens is 202 g/mol. The van der Waals surface area contributed by atoms with Crippen LogP contribution in [-0.4, -0.2) is 31.4 Å². The van der Waals surface area contributed by atoms with Crippen molar-refractivity contribution in [3.63, 3.8) is 0 Å². The maximum atomic E-state index is 11.6. The Bertz CT molecular complexity index is 275. The molecule has 0 fully saturated rings. The predicted octanol–water partition coefficient (Wildman–Crippen LogP) is 0.723. The van der Waals surface area contributed by atoms with Crippen LogP contribution in [0, 0.1) is 5.41 Å². The van der Waals surface area contributed by atoms with Gasteiger partial charge in [0.2, 0.25) is 10.0 Å². The van der Waals surface area contributed by atoms with Gasteiger partial charge in [-0.15, -0.1) is 0 Å². The van der Waals surface area contributed by atoms with E-state index in [1.165, 1.54) is 0 Å². The smallest absolute Gasteiger partial charge is 0.212 e. The summed E-state index contributed by atoms with van der Waals surface area (Å²) < 4.78 is 25.7. The highest BCUT2D eigenvalue weighted by Gasteiger charge is 2.27. The fourth-order valence-corrected chi connectivity index (χ4v) is 3.18. The minimum absolute atomic E-state index is 0.0590. The summed E-state index contributed by atoms with van der Waals surface area (Å²) in [4.78, 5) is 0. The van der Waals surface area contributed by atoms with Gasteiger partial charge < -0.3 is 5.11 Å². The Hall–Kier alpha value is -0.130. The number of hydrogen-bond acceptors (Lipinski definition) is 3. The van der Waals surface area contributed by atoms with Crippen molar-refractivity contribution in [3.8, 4) is 0 Å². The molecule has 0 aliphatic rings. The van der Waals surface area contributed by atoms with Crippen LogP contribution < -0.4 is 4.72 Å². The van der Waals surface area contributed by atoms with Crippen LogP contribution in [0.3, 0.4) is 0 Å². The SMILES string of the molecule is CC(C)(C)CS(=O)(=O)NC(C)(C)CO. The highest BCUT2D eigenvalue weighted by molar-refractivity contribution is 7.89. The molecule has 0 aliphatic heterocycles. The van der Waals surface area contributed by atoms with Gasteiger partial charge in [-0.3, -0.25) is 0 Å². The topological polar surface area (TPSA) is 66.4 Å². The van der Waals surface area contributed by atoms with Crippen LogP contribution in [0.25, 0.3) is 0 Å². The van der Waals surface area contributed by atoms with Crippen LogP contribution in [0.15, 0.2) is 0 Å². The second-order valence-electron chi connectivity index (χ2n) is 5.46. The van der Waals surface area contributed by atoms with Crippen molar-refractivity contribution in [1.29, 1.82) is 0 Å². The lowest BCUT2D eigenvalue weighted by Crippen LogP contribution is -2.48. The van der Waals surface area contributed by atoms with Crippen LogP contribution in [0.2, 0.25) is 0 Å². The van der Waals surface area contributed by atoms with Gasteiger partial charge in [0.1, 0.15) is 0 Å². The van der Waals surface area contributed by atoms with Gasteiger partial charge in [-0.25, -0.2) is 13.1 Å². The van der Waals surface area contributed by atoms with E-state index in [-0.39, 0.29) is 17.8 Å². The molecule has 0 spiro atoms. The lowest BCUT2D eigenvalue weighted by atomic mass is 10.0. The van der Waals surface area contributed by atoms with Gasteiger partial charge >= 0.3 is 0 Å². The summed E-state index contributed by atoms with van der Waals surface area (Å²) in [6.07, 6.45) is 0. The summed E-state index contributed by atoms with van der Waals surface area (Å²) in [7, 11) is -3.32. The number of aliphatic hydroxyl groups is 1. The average molecular weight is 223 g/mol. The molecule has 2 N–H and O–H groups in total. The molecule has 0 aromatic heterocycles. The van der Waals surface area contributed by atoms with Crippen LogP contribution in [0.1, 0.15) is 34.6 Å². The van der Waals surface area contributed by atoms with Crippen molar-refractivity contribution in [2.45, 2.75) is 40.2 Å². The largest absolute Gasteiger partial charge is 0.394 e. The molecule has 14 heavy (non-hydrogen) atoms. The lowest BCUT2D eigenvalue weighted by Gasteiger charge is -2.26. The zero-order chi connectivity index (χ0) is 11.6. The Morgan fingerprint density at radius 2 is 1.57 bits per heavy atom. The summed E-state index contributed by atoms with van der Waals surface area (Å²) >= 11 is 0. The molecule has 0 saturated carbocycles. The van der Waals surface area contributed by atoms with Crippen molar-refractivity contribution in [3.05, 3.63) is 0 Å². The summed E-state index contributed by atoms with van der Waals surface area (Å²) in [6.45, 7) is 8.66. The summed E-state index contributed by atoms with van der Waals surface area (Å²) in [6, 6.07) is 0. The molecule has 0 atom stereocenters. The van der Waals surface area contributed by atoms with E-state index in [0.29, 0.717) is 0 Å². The number of nitrogens with one attached hydrogen (secondary N) is 1. The molecule has 0 unspecified atom stereocenters. The fraction of sp³-hybridized carbons (Fsp3) is 1.00. The zero-order valence-corrected chi connectivity index (χ0v) is 10.4. The van der Waals surface area contributed by atoms with E-state index in [9.17, 15) is 8.42 Å². The molecule has 0 saturated heterocycles. The summed E-state index contributed by atoms with van der Waals surface area (Å²) in [5, 5.41) is 8.93. The van der Waals surface area contributed by atoms with Crippen LogP contribution >= 0.6 is 0 Å². The molecule has 0 heterocycles. The number of hydrogen-bond donors (Lipinski definition) is 2. The van der Waals surface area contributed by atoms with Gasteiger partial charge in [0.15, 0.2) is 0 Å². The highest BCUT2D eigenvalue weighted by atomic mass is 32.2. The predicted molar refractivity (Wildman–Crippen MR) is 57.5 cm³/mol. The third-order valence-corrected chi connectivity index (χ3v) is 3.56. The van der Waals surface area contributed by atoms with Gasteiger partial charge in [0.25, 0.3) is 0 Å². The molecule has 4 nitrogen and oxygen atoms in total. The van der Waals surface area contributed by atoms with Crippen molar-refractivity contribution in [2.24, 2.45) is 5.41 Å². The summed E-state index contributed by atoms with van der Waals surface area (Å²) in [5.41, 5.74) is -1.07. The first-order chi connectivity index (χ1) is 5.97. The minimum Gasteiger partial charge on any atom is -0.394 e. The van der Waals surface area contributed by atoms with Crippen molar-refractivity contribution in [2.75, 3.05) is 12.4 Å². The van der Waals surface area contributed by atoms with Crippen molar-refractivity contribution < 1.29 is 13.5 Å². The lowest BCUT2D eigenvalue weighted by molar-refractivity contribution is 0.208. The Kier molecular flexibility index (Phi) is 4.12. The maximum Gasteiger partial charge on any atom is 0.212 e. The van der Waals surface area contributed by atoms with Crippen LogP contribution in [-0.2, 0) is 10.0 Å². The minimum atomic E-state index is -3.32. The molecule has 0 bridgehead atoms. The molecule has 0 rings (SSSR count). The molecule has 0 amide bonds. The quantitative estimate of drug-likeness (QED) is 0.738. The Labute approximate surface area is 86.8 Å². The first-order valence-electron chi connectivity index (χ1n) is 4.60. The van der Waals surface area contributed by atoms with Crippen LogP contribution in [0.5, 0.6) is 0 Å². The fourth-order valence-electron chi connectivity index (χ4n) is 1.06. The average Bonchev–Trinajstić information content (AvgIpc) is 1.78. The van der Waals surface area contributed by atoms with E-state index in [1.807, 2.05) is 20.8 Å². The van der Waals surface area contributed by atoms with Gasteiger partial charge in [-0.05, 0) is 19.3 Å². The normalized spacial score (nSPS) is 14.4. The Morgan fingerprint density at radius 1 is 1.14 bits per heavy atom. The van der Waals surface area contributed by atoms with Crippen molar-refractivity contribution in [1.82, 2.24) is 4.72 Å². The van der Waals surface area contributed by atoms with Gasteiger partial charge in [-0.2, -0.15) is 0 Å². The van der Waals surface area contributed by atoms with Gasteiger partial charge in [-0.1, -0.05) is 20.8 Å². The van der Waals surface area contributed by atoms with E-state index in [4.69, 9.17) is 5.11 Å². The molecular formula is C9H21NO3S. The Balaban J connectivity index is 4.53. The monoisotopic (exact) mass is 223 g/mol. The molecule has 0 aromatic rings. The van der Waals surface area contributed by atoms with E-state index in [2.05, 4.69) is 4.72 Å². The summed E-state index contributed by atoms with van der Waals surface area (Å²) in [5.74, 6) is 0.0590. The van der Waals surface area contributed by atoms with E-state index in [1.54, 1.807) is 13.8 Å². The van der Waals surface area contributed by atoms with E-state index >= 15 is 0 Å². The first-order valence-corrected chi connectivity index (χ1v) is 6.25. The number of aliphatic hydroxyl groups excluding tert-OH is 1. The second-order valence-corrected chi connectivity index (χ2v) is 7.19. The number of rotatable bonds is 4. The van der Waals surface area contributed by atoms with E-state index < -0.39 is 15.6 Å². The Morgan fingerprint density at radius 3 is 1.86 bits per heavy atom. The van der Waals surface area contributed by atoms with E-state index in [0.717, 1.165) is 0 Å². The van der Waals surface area contributed by atoms with Crippen molar-refractivity contribution >= 4 is 10.0 Å². The highest BCUT2D eigenvalue weighted by Crippen LogP contribution is 2.16. The molecule has 0 aliphatic carbocycles. The standard InChI is InChI=1S/C9H21NO3S/c1-8(2,3)7-14(12,13)10-9(4,5)6-11/h10-11H,6-7H2,1-5H3. The number of sulfonamides is 1. The first kappa shape index (κ1) is 13.9. The third kappa shape index (κ3) is 6.34.